The van der Waals surface area contributed by atoms with E-state index < -0.39 is 5.91 Å². The van der Waals surface area contributed by atoms with E-state index in [4.69, 9.17) is 10.5 Å². The Kier molecular flexibility index (Phi) is 6.20. The Morgan fingerprint density at radius 2 is 1.78 bits per heavy atom. The number of nitrogens with two attached hydrogens (primary N) is 1. The first-order valence-corrected chi connectivity index (χ1v) is 9.51. The summed E-state index contributed by atoms with van der Waals surface area (Å²) in [4.78, 5) is 36.1. The summed E-state index contributed by atoms with van der Waals surface area (Å²) in [7, 11) is 0. The molecule has 8 heteroatoms. The molecule has 1 fully saturated rings. The Bertz CT molecular complexity index is 826. The summed E-state index contributed by atoms with van der Waals surface area (Å²) in [5.74, 6) is -0.961. The molecule has 0 saturated carbocycles. The van der Waals surface area contributed by atoms with Gasteiger partial charge in [-0.3, -0.25) is 14.4 Å². The summed E-state index contributed by atoms with van der Waals surface area (Å²) in [6, 6.07) is 10.1. The van der Waals surface area contributed by atoms with Crippen molar-refractivity contribution in [3.05, 3.63) is 57.3 Å². The third kappa shape index (κ3) is 5.15. The molecule has 3 rings (SSSR count). The van der Waals surface area contributed by atoms with Gasteiger partial charge < -0.3 is 21.1 Å². The molecule has 1 aliphatic rings. The van der Waals surface area contributed by atoms with Crippen LogP contribution in [-0.4, -0.2) is 37.0 Å². The number of carbonyl (C=O) groups is 3. The second-order valence-electron chi connectivity index (χ2n) is 6.25. The van der Waals surface area contributed by atoms with E-state index in [0.717, 1.165) is 36.3 Å². The number of hydrogen-bond acceptors (Lipinski definition) is 5. The molecular weight excluding hydrogens is 366 g/mol. The number of nitrogens with one attached hydrogen (secondary N) is 2. The van der Waals surface area contributed by atoms with Crippen molar-refractivity contribution in [3.8, 4) is 0 Å². The van der Waals surface area contributed by atoms with Crippen LogP contribution < -0.4 is 16.4 Å². The molecule has 2 heterocycles. The number of carbonyl (C=O) groups excluding carboxylic acids is 3. The number of ether oxygens (including phenoxy) is 1. The molecule has 1 atom stereocenters. The zero-order chi connectivity index (χ0) is 19.2. The Hall–Kier alpha value is -2.71. The maximum Gasteiger partial charge on any atom is 0.261 e. The van der Waals surface area contributed by atoms with E-state index in [0.29, 0.717) is 28.4 Å². The van der Waals surface area contributed by atoms with Gasteiger partial charge in [-0.05, 0) is 42.7 Å². The molecule has 0 radical (unpaired) electrons. The van der Waals surface area contributed by atoms with Gasteiger partial charge in [0, 0.05) is 25.3 Å². The Morgan fingerprint density at radius 1 is 1.04 bits per heavy atom. The summed E-state index contributed by atoms with van der Waals surface area (Å²) < 4.78 is 5.48. The Morgan fingerprint density at radius 3 is 2.41 bits per heavy atom. The van der Waals surface area contributed by atoms with Crippen molar-refractivity contribution >= 4 is 29.1 Å². The van der Waals surface area contributed by atoms with E-state index in [9.17, 15) is 14.4 Å². The molecule has 27 heavy (non-hydrogen) atoms. The van der Waals surface area contributed by atoms with Crippen molar-refractivity contribution in [1.82, 2.24) is 10.6 Å². The first kappa shape index (κ1) is 19.1. The predicted molar refractivity (Wildman–Crippen MR) is 102 cm³/mol. The molecular formula is C19H21N3O4S. The summed E-state index contributed by atoms with van der Waals surface area (Å²) in [5.41, 5.74) is 6.62. The maximum atomic E-state index is 12.1. The van der Waals surface area contributed by atoms with Gasteiger partial charge in [0.05, 0.1) is 15.9 Å². The zero-order valence-corrected chi connectivity index (χ0v) is 15.5. The lowest BCUT2D eigenvalue weighted by atomic mass is 10.1. The zero-order valence-electron chi connectivity index (χ0n) is 14.7. The van der Waals surface area contributed by atoms with Gasteiger partial charge in [0.1, 0.15) is 0 Å². The van der Waals surface area contributed by atoms with Crippen molar-refractivity contribution in [2.45, 2.75) is 25.5 Å². The van der Waals surface area contributed by atoms with Gasteiger partial charge in [-0.1, -0.05) is 12.1 Å². The van der Waals surface area contributed by atoms with Gasteiger partial charge in [-0.25, -0.2) is 0 Å². The van der Waals surface area contributed by atoms with Crippen LogP contribution in [0.3, 0.4) is 0 Å². The highest BCUT2D eigenvalue weighted by molar-refractivity contribution is 7.15. The first-order valence-electron chi connectivity index (χ1n) is 8.69. The first-order chi connectivity index (χ1) is 13.0. The van der Waals surface area contributed by atoms with E-state index in [2.05, 4.69) is 10.6 Å². The molecule has 1 aromatic heterocycles. The highest BCUT2D eigenvalue weighted by Gasteiger charge is 2.16. The lowest BCUT2D eigenvalue weighted by Gasteiger charge is -2.11. The average molecular weight is 387 g/mol. The largest absolute Gasteiger partial charge is 0.376 e. The Balaban J connectivity index is 1.48. The minimum atomic E-state index is -0.549. The Labute approximate surface area is 160 Å². The van der Waals surface area contributed by atoms with Crippen LogP contribution in [0.15, 0.2) is 36.4 Å². The standard InChI is InChI=1S/C19H21N3O4S/c20-17(23)15-7-8-16(27-15)19(25)21-10-12-3-5-13(6-4-12)18(24)22-11-14-2-1-9-26-14/h3-8,14H,1-2,9-11H2,(H2,20,23)(H,21,25)(H,22,24). The van der Waals surface area contributed by atoms with Crippen LogP contribution in [0, 0.1) is 0 Å². The topological polar surface area (TPSA) is 111 Å². The molecule has 142 valence electrons. The number of hydrogen-bond donors (Lipinski definition) is 3. The van der Waals surface area contributed by atoms with Gasteiger partial charge in [0.15, 0.2) is 0 Å². The lowest BCUT2D eigenvalue weighted by Crippen LogP contribution is -2.31. The number of benzene rings is 1. The second kappa shape index (κ2) is 8.79. The van der Waals surface area contributed by atoms with E-state index in [1.54, 1.807) is 30.3 Å². The predicted octanol–water partition coefficient (Wildman–Crippen LogP) is 1.69. The molecule has 0 bridgehead atoms. The molecule has 4 N–H and O–H groups in total. The molecule has 3 amide bonds. The summed E-state index contributed by atoms with van der Waals surface area (Å²) in [6.45, 7) is 1.60. The highest BCUT2D eigenvalue weighted by atomic mass is 32.1. The lowest BCUT2D eigenvalue weighted by molar-refractivity contribution is 0.0857. The van der Waals surface area contributed by atoms with Gasteiger partial charge >= 0.3 is 0 Å². The third-order valence-electron chi connectivity index (χ3n) is 4.26. The summed E-state index contributed by atoms with van der Waals surface area (Å²) >= 11 is 1.06. The van der Waals surface area contributed by atoms with E-state index >= 15 is 0 Å². The van der Waals surface area contributed by atoms with Crippen molar-refractivity contribution < 1.29 is 19.1 Å². The van der Waals surface area contributed by atoms with Crippen LogP contribution in [0.2, 0.25) is 0 Å². The molecule has 7 nitrogen and oxygen atoms in total. The van der Waals surface area contributed by atoms with Crippen LogP contribution in [-0.2, 0) is 11.3 Å². The van der Waals surface area contributed by atoms with Crippen LogP contribution in [0.4, 0.5) is 0 Å². The second-order valence-corrected chi connectivity index (χ2v) is 7.34. The van der Waals surface area contributed by atoms with E-state index in [1.807, 2.05) is 0 Å². The van der Waals surface area contributed by atoms with Gasteiger partial charge in [-0.2, -0.15) is 0 Å². The molecule has 0 spiro atoms. The fraction of sp³-hybridized carbons (Fsp3) is 0.316. The normalized spacial score (nSPS) is 16.1. The number of amides is 3. The fourth-order valence-corrected chi connectivity index (χ4v) is 3.52. The molecule has 1 unspecified atom stereocenters. The monoisotopic (exact) mass is 387 g/mol. The van der Waals surface area contributed by atoms with Gasteiger partial charge in [0.25, 0.3) is 17.7 Å². The van der Waals surface area contributed by atoms with Crippen LogP contribution in [0.5, 0.6) is 0 Å². The summed E-state index contributed by atoms with van der Waals surface area (Å²) in [5, 5.41) is 5.65. The van der Waals surface area contributed by atoms with E-state index in [1.165, 1.54) is 6.07 Å². The number of rotatable bonds is 7. The fourth-order valence-electron chi connectivity index (χ4n) is 2.75. The minimum Gasteiger partial charge on any atom is -0.376 e. The molecule has 0 aliphatic carbocycles. The van der Waals surface area contributed by atoms with Crippen LogP contribution >= 0.6 is 11.3 Å². The van der Waals surface area contributed by atoms with Crippen LogP contribution in [0.25, 0.3) is 0 Å². The van der Waals surface area contributed by atoms with Gasteiger partial charge in [0.2, 0.25) is 0 Å². The molecule has 2 aromatic rings. The van der Waals surface area contributed by atoms with Crippen molar-refractivity contribution in [1.29, 1.82) is 0 Å². The smallest absolute Gasteiger partial charge is 0.261 e. The number of thiophene rings is 1. The number of primary amides is 1. The quantitative estimate of drug-likeness (QED) is 0.671. The third-order valence-corrected chi connectivity index (χ3v) is 5.35. The van der Waals surface area contributed by atoms with Crippen molar-refractivity contribution in [2.24, 2.45) is 5.73 Å². The summed E-state index contributed by atoms with van der Waals surface area (Å²) in [6.07, 6.45) is 2.12. The molecule has 1 aromatic carbocycles. The van der Waals surface area contributed by atoms with Crippen molar-refractivity contribution in [3.63, 3.8) is 0 Å². The minimum absolute atomic E-state index is 0.107. The van der Waals surface area contributed by atoms with Crippen LogP contribution in [0.1, 0.15) is 48.1 Å². The maximum absolute atomic E-state index is 12.1. The van der Waals surface area contributed by atoms with E-state index in [-0.39, 0.29) is 17.9 Å². The molecule has 1 aliphatic heterocycles. The highest BCUT2D eigenvalue weighted by Crippen LogP contribution is 2.16. The SMILES string of the molecule is NC(=O)c1ccc(C(=O)NCc2ccc(C(=O)NCC3CCCO3)cc2)s1. The molecule has 1 saturated heterocycles. The van der Waals surface area contributed by atoms with Gasteiger partial charge in [-0.15, -0.1) is 11.3 Å². The van der Waals surface area contributed by atoms with Crippen molar-refractivity contribution in [2.75, 3.05) is 13.2 Å². The average Bonchev–Trinajstić information content (AvgIpc) is 3.36.